The standard InChI is InChI=1S/C27H22FNOS/c1-2-3-4-5-24-25(20-8-6-19(18-30)7-9-20)26(21-14-16-29-17-15-21)27(31-24)22-10-12-23(28)13-11-22/h6-17,30H,2-3,18H2,1H3. The highest BCUT2D eigenvalue weighted by molar-refractivity contribution is 7.17. The van der Waals surface area contributed by atoms with E-state index in [1.165, 1.54) is 12.1 Å². The first kappa shape index (κ1) is 21.0. The van der Waals surface area contributed by atoms with Crippen LogP contribution in [0.1, 0.15) is 30.2 Å². The van der Waals surface area contributed by atoms with E-state index in [1.807, 2.05) is 48.5 Å². The maximum absolute atomic E-state index is 13.6. The van der Waals surface area contributed by atoms with E-state index in [0.717, 1.165) is 56.0 Å². The first-order valence-electron chi connectivity index (χ1n) is 10.2. The topological polar surface area (TPSA) is 33.1 Å². The Labute approximate surface area is 186 Å². The van der Waals surface area contributed by atoms with Crippen LogP contribution < -0.4 is 0 Å². The lowest BCUT2D eigenvalue weighted by Gasteiger charge is -2.10. The van der Waals surface area contributed by atoms with Gasteiger partial charge in [0.05, 0.1) is 11.5 Å². The molecule has 0 aliphatic heterocycles. The summed E-state index contributed by atoms with van der Waals surface area (Å²) in [5.41, 5.74) is 6.02. The minimum atomic E-state index is -0.256. The number of aliphatic hydroxyl groups is 1. The summed E-state index contributed by atoms with van der Waals surface area (Å²) in [5.74, 6) is 6.41. The quantitative estimate of drug-likeness (QED) is 0.350. The smallest absolute Gasteiger partial charge is 0.123 e. The Morgan fingerprint density at radius 1 is 0.871 bits per heavy atom. The minimum Gasteiger partial charge on any atom is -0.392 e. The van der Waals surface area contributed by atoms with E-state index in [9.17, 15) is 9.50 Å². The number of halogens is 1. The molecule has 0 saturated carbocycles. The molecular formula is C27H22FNOS. The summed E-state index contributed by atoms with van der Waals surface area (Å²) in [6.07, 6.45) is 5.39. The average Bonchev–Trinajstić information content (AvgIpc) is 3.20. The summed E-state index contributed by atoms with van der Waals surface area (Å²) < 4.78 is 13.6. The van der Waals surface area contributed by atoms with Crippen LogP contribution in [0.25, 0.3) is 32.7 Å². The molecule has 2 aromatic heterocycles. The summed E-state index contributed by atoms with van der Waals surface area (Å²) in [4.78, 5) is 6.21. The molecule has 2 nitrogen and oxygen atoms in total. The molecule has 0 fully saturated rings. The molecular weight excluding hydrogens is 405 g/mol. The number of thiophene rings is 1. The maximum Gasteiger partial charge on any atom is 0.123 e. The Bertz CT molecular complexity index is 1220. The van der Waals surface area contributed by atoms with E-state index in [0.29, 0.717) is 0 Å². The van der Waals surface area contributed by atoms with Crippen molar-refractivity contribution in [3.63, 3.8) is 0 Å². The lowest BCUT2D eigenvalue weighted by molar-refractivity contribution is 0.282. The Morgan fingerprint density at radius 2 is 1.52 bits per heavy atom. The van der Waals surface area contributed by atoms with Gasteiger partial charge in [-0.2, -0.15) is 0 Å². The summed E-state index contributed by atoms with van der Waals surface area (Å²) in [5, 5.41) is 9.45. The third-order valence-corrected chi connectivity index (χ3v) is 6.14. The van der Waals surface area contributed by atoms with E-state index < -0.39 is 0 Å². The van der Waals surface area contributed by atoms with Crippen molar-refractivity contribution in [1.29, 1.82) is 0 Å². The zero-order valence-corrected chi connectivity index (χ0v) is 18.0. The molecule has 1 N–H and O–H groups in total. The van der Waals surface area contributed by atoms with Crippen LogP contribution in [0.2, 0.25) is 0 Å². The highest BCUT2D eigenvalue weighted by atomic mass is 32.1. The van der Waals surface area contributed by atoms with Crippen LogP contribution in [0.4, 0.5) is 4.39 Å². The van der Waals surface area contributed by atoms with Crippen molar-refractivity contribution >= 4 is 11.3 Å². The molecule has 0 atom stereocenters. The number of hydrogen-bond acceptors (Lipinski definition) is 3. The third-order valence-electron chi connectivity index (χ3n) is 4.99. The lowest BCUT2D eigenvalue weighted by Crippen LogP contribution is -1.88. The first-order chi connectivity index (χ1) is 15.2. The van der Waals surface area contributed by atoms with Crippen molar-refractivity contribution < 1.29 is 9.50 Å². The zero-order chi connectivity index (χ0) is 21.6. The summed E-state index contributed by atoms with van der Waals surface area (Å²) in [6, 6.07) is 18.5. The Hall–Kier alpha value is -3.26. The molecule has 2 heterocycles. The molecule has 0 spiro atoms. The Morgan fingerprint density at radius 3 is 2.16 bits per heavy atom. The Balaban J connectivity index is 2.01. The molecule has 0 amide bonds. The van der Waals surface area contributed by atoms with Gasteiger partial charge in [0, 0.05) is 34.8 Å². The van der Waals surface area contributed by atoms with Gasteiger partial charge in [-0.15, -0.1) is 11.3 Å². The predicted molar refractivity (Wildman–Crippen MR) is 126 cm³/mol. The highest BCUT2D eigenvalue weighted by Gasteiger charge is 2.21. The Kier molecular flexibility index (Phi) is 6.57. The second kappa shape index (κ2) is 9.70. The average molecular weight is 428 g/mol. The molecule has 0 aliphatic carbocycles. The van der Waals surface area contributed by atoms with Gasteiger partial charge in [-0.3, -0.25) is 4.98 Å². The summed E-state index contributed by atoms with van der Waals surface area (Å²) >= 11 is 1.63. The monoisotopic (exact) mass is 427 g/mol. The molecule has 2 aromatic carbocycles. The molecule has 154 valence electrons. The van der Waals surface area contributed by atoms with Crippen molar-refractivity contribution in [2.24, 2.45) is 0 Å². The number of aromatic nitrogens is 1. The number of unbranched alkanes of at least 4 members (excludes halogenated alkanes) is 1. The molecule has 4 heteroatoms. The number of rotatable bonds is 5. The van der Waals surface area contributed by atoms with Gasteiger partial charge in [-0.05, 0) is 52.9 Å². The van der Waals surface area contributed by atoms with Gasteiger partial charge >= 0.3 is 0 Å². The fourth-order valence-corrected chi connectivity index (χ4v) is 4.66. The van der Waals surface area contributed by atoms with Crippen LogP contribution in [0.5, 0.6) is 0 Å². The van der Waals surface area contributed by atoms with E-state index in [2.05, 4.69) is 23.7 Å². The number of hydrogen-bond donors (Lipinski definition) is 1. The molecule has 0 saturated heterocycles. The highest BCUT2D eigenvalue weighted by Crippen LogP contribution is 2.47. The molecule has 0 unspecified atom stereocenters. The van der Waals surface area contributed by atoms with Gasteiger partial charge in [-0.25, -0.2) is 4.39 Å². The van der Waals surface area contributed by atoms with E-state index in [4.69, 9.17) is 0 Å². The molecule has 0 aliphatic rings. The van der Waals surface area contributed by atoms with Gasteiger partial charge in [0.1, 0.15) is 5.82 Å². The van der Waals surface area contributed by atoms with Gasteiger partial charge < -0.3 is 5.11 Å². The third kappa shape index (κ3) is 4.59. The van der Waals surface area contributed by atoms with Gasteiger partial charge in [0.25, 0.3) is 0 Å². The first-order valence-corrected chi connectivity index (χ1v) is 11.0. The molecule has 0 bridgehead atoms. The summed E-state index contributed by atoms with van der Waals surface area (Å²) in [6.45, 7) is 2.12. The summed E-state index contributed by atoms with van der Waals surface area (Å²) in [7, 11) is 0. The zero-order valence-electron chi connectivity index (χ0n) is 17.2. The number of benzene rings is 2. The van der Waals surface area contributed by atoms with Gasteiger partial charge in [0.15, 0.2) is 0 Å². The van der Waals surface area contributed by atoms with Crippen LogP contribution in [0.15, 0.2) is 73.1 Å². The van der Waals surface area contributed by atoms with Crippen LogP contribution in [-0.4, -0.2) is 10.1 Å². The van der Waals surface area contributed by atoms with Crippen LogP contribution >= 0.6 is 11.3 Å². The number of aliphatic hydroxyl groups excluding tert-OH is 1. The fraction of sp³-hybridized carbons (Fsp3) is 0.148. The second-order valence-electron chi connectivity index (χ2n) is 7.16. The van der Waals surface area contributed by atoms with E-state index >= 15 is 0 Å². The van der Waals surface area contributed by atoms with E-state index in [-0.39, 0.29) is 12.4 Å². The van der Waals surface area contributed by atoms with Crippen molar-refractivity contribution in [1.82, 2.24) is 4.98 Å². The van der Waals surface area contributed by atoms with Crippen molar-refractivity contribution in [3.8, 4) is 44.5 Å². The van der Waals surface area contributed by atoms with Crippen LogP contribution in [0.3, 0.4) is 0 Å². The van der Waals surface area contributed by atoms with Crippen molar-refractivity contribution in [3.05, 3.63) is 89.3 Å². The minimum absolute atomic E-state index is 0.00508. The molecule has 0 radical (unpaired) electrons. The lowest BCUT2D eigenvalue weighted by atomic mass is 9.93. The maximum atomic E-state index is 13.6. The second-order valence-corrected chi connectivity index (χ2v) is 8.18. The number of nitrogens with zero attached hydrogens (tertiary/aromatic N) is 1. The molecule has 31 heavy (non-hydrogen) atoms. The van der Waals surface area contributed by atoms with E-state index in [1.54, 1.807) is 23.7 Å². The van der Waals surface area contributed by atoms with Gasteiger partial charge in [-0.1, -0.05) is 55.2 Å². The SMILES string of the molecule is CCCC#Cc1sc(-c2ccc(F)cc2)c(-c2ccncc2)c1-c1ccc(CO)cc1. The van der Waals surface area contributed by atoms with Crippen molar-refractivity contribution in [2.45, 2.75) is 26.4 Å². The fourth-order valence-electron chi connectivity index (χ4n) is 3.44. The normalized spacial score (nSPS) is 10.5. The van der Waals surface area contributed by atoms with Gasteiger partial charge in [0.2, 0.25) is 0 Å². The van der Waals surface area contributed by atoms with Crippen LogP contribution in [-0.2, 0) is 6.61 Å². The largest absolute Gasteiger partial charge is 0.392 e. The van der Waals surface area contributed by atoms with Crippen molar-refractivity contribution in [2.75, 3.05) is 0 Å². The van der Waals surface area contributed by atoms with Crippen LogP contribution in [0, 0.1) is 17.7 Å². The number of pyridine rings is 1. The predicted octanol–water partition coefficient (Wildman–Crippen LogP) is 6.93. The molecule has 4 aromatic rings. The molecule has 4 rings (SSSR count).